The summed E-state index contributed by atoms with van der Waals surface area (Å²) in [5.41, 5.74) is 1.81. The van der Waals surface area contributed by atoms with Crippen molar-refractivity contribution in [1.82, 2.24) is 15.0 Å². The molecule has 3 aromatic rings. The zero-order valence-electron chi connectivity index (χ0n) is 10.3. The topological polar surface area (TPSA) is 61.8 Å². The van der Waals surface area contributed by atoms with Gasteiger partial charge in [0.2, 0.25) is 0 Å². The lowest BCUT2D eigenvalue weighted by atomic mass is 10.3. The Morgan fingerprint density at radius 1 is 1.15 bits per heavy atom. The lowest BCUT2D eigenvalue weighted by molar-refractivity contribution is 0.273. The van der Waals surface area contributed by atoms with Gasteiger partial charge in [0.05, 0.1) is 11.0 Å². The third kappa shape index (κ3) is 3.64. The number of H-pyrrole nitrogens is 1. The molecule has 0 radical (unpaired) electrons. The fourth-order valence-electron chi connectivity index (χ4n) is 1.72. The van der Waals surface area contributed by atoms with Gasteiger partial charge in [-0.15, -0.1) is 24.8 Å². The predicted molar refractivity (Wildman–Crippen MR) is 84.9 cm³/mol. The number of halogens is 2. The van der Waals surface area contributed by atoms with Crippen molar-refractivity contribution in [2.45, 2.75) is 16.4 Å². The molecule has 0 unspecified atom stereocenters. The largest absolute Gasteiger partial charge is 0.388 e. The van der Waals surface area contributed by atoms with Crippen molar-refractivity contribution in [3.05, 3.63) is 48.5 Å². The van der Waals surface area contributed by atoms with Crippen LogP contribution in [0.1, 0.15) is 5.82 Å². The molecule has 1 aromatic carbocycles. The molecule has 0 aliphatic heterocycles. The number of fused-ring (bicyclic) bond motifs is 1. The molecule has 20 heavy (non-hydrogen) atoms. The first-order valence-corrected chi connectivity index (χ1v) is 6.34. The van der Waals surface area contributed by atoms with E-state index in [1.807, 2.05) is 36.5 Å². The quantitative estimate of drug-likeness (QED) is 0.772. The highest BCUT2D eigenvalue weighted by Crippen LogP contribution is 2.28. The summed E-state index contributed by atoms with van der Waals surface area (Å²) in [6.07, 6.45) is 3.59. The highest BCUT2D eigenvalue weighted by molar-refractivity contribution is 7.99. The Kier molecular flexibility index (Phi) is 6.29. The molecule has 7 heteroatoms. The van der Waals surface area contributed by atoms with Crippen LogP contribution in [0.2, 0.25) is 0 Å². The second kappa shape index (κ2) is 7.50. The molecule has 2 aromatic heterocycles. The molecular weight excluding hydrogens is 317 g/mol. The van der Waals surface area contributed by atoms with Gasteiger partial charge >= 0.3 is 0 Å². The number of pyridine rings is 1. The van der Waals surface area contributed by atoms with E-state index in [1.165, 1.54) is 0 Å². The lowest BCUT2D eigenvalue weighted by Gasteiger charge is -2.00. The minimum Gasteiger partial charge on any atom is -0.388 e. The van der Waals surface area contributed by atoms with Crippen molar-refractivity contribution in [3.8, 4) is 0 Å². The predicted octanol–water partition coefficient (Wildman–Crippen LogP) is 3.45. The molecule has 0 saturated heterocycles. The number of benzene rings is 1. The van der Waals surface area contributed by atoms with Gasteiger partial charge in [0.25, 0.3) is 0 Å². The van der Waals surface area contributed by atoms with Gasteiger partial charge in [0.15, 0.2) is 0 Å². The number of hydrogen-bond donors (Lipinski definition) is 2. The van der Waals surface area contributed by atoms with Crippen LogP contribution in [0.5, 0.6) is 0 Å². The van der Waals surface area contributed by atoms with Gasteiger partial charge in [0, 0.05) is 22.2 Å². The van der Waals surface area contributed by atoms with E-state index in [0.717, 1.165) is 20.8 Å². The molecule has 106 valence electrons. The summed E-state index contributed by atoms with van der Waals surface area (Å²) in [7, 11) is 0. The number of aromatic nitrogens is 3. The number of nitrogens with one attached hydrogen (secondary N) is 1. The van der Waals surface area contributed by atoms with Crippen LogP contribution in [0.15, 0.2) is 52.5 Å². The van der Waals surface area contributed by atoms with Gasteiger partial charge in [-0.25, -0.2) is 4.98 Å². The van der Waals surface area contributed by atoms with Crippen LogP contribution < -0.4 is 0 Å². The van der Waals surface area contributed by atoms with E-state index < -0.39 is 0 Å². The van der Waals surface area contributed by atoms with Crippen LogP contribution in [0.4, 0.5) is 0 Å². The summed E-state index contributed by atoms with van der Waals surface area (Å²) in [6, 6.07) is 9.94. The van der Waals surface area contributed by atoms with E-state index in [9.17, 15) is 0 Å². The third-order valence-electron chi connectivity index (χ3n) is 2.52. The first-order chi connectivity index (χ1) is 8.85. The Morgan fingerprint density at radius 3 is 2.70 bits per heavy atom. The number of aliphatic hydroxyl groups excluding tert-OH is 1. The van der Waals surface area contributed by atoms with Crippen LogP contribution in [-0.4, -0.2) is 20.1 Å². The molecule has 4 nitrogen and oxygen atoms in total. The SMILES string of the molecule is Cl.Cl.OCc1nc2cc(Sc3cccnc3)ccc2[nH]1. The lowest BCUT2D eigenvalue weighted by Crippen LogP contribution is -1.83. The molecule has 0 aliphatic rings. The average molecular weight is 330 g/mol. The monoisotopic (exact) mass is 329 g/mol. The second-order valence-electron chi connectivity index (χ2n) is 3.81. The van der Waals surface area contributed by atoms with Gasteiger partial charge in [0.1, 0.15) is 12.4 Å². The van der Waals surface area contributed by atoms with Crippen molar-refractivity contribution in [2.24, 2.45) is 0 Å². The summed E-state index contributed by atoms with van der Waals surface area (Å²) < 4.78 is 0. The van der Waals surface area contributed by atoms with Gasteiger partial charge < -0.3 is 10.1 Å². The zero-order valence-corrected chi connectivity index (χ0v) is 12.8. The van der Waals surface area contributed by atoms with E-state index in [2.05, 4.69) is 15.0 Å². The number of aromatic amines is 1. The molecule has 0 aliphatic carbocycles. The first-order valence-electron chi connectivity index (χ1n) is 5.52. The number of hydrogen-bond acceptors (Lipinski definition) is 4. The zero-order chi connectivity index (χ0) is 12.4. The van der Waals surface area contributed by atoms with Gasteiger partial charge in [-0.05, 0) is 30.3 Å². The van der Waals surface area contributed by atoms with Crippen LogP contribution in [0, 0.1) is 0 Å². The van der Waals surface area contributed by atoms with Gasteiger partial charge in [-0.2, -0.15) is 0 Å². The Hall–Kier alpha value is -1.27. The van der Waals surface area contributed by atoms with Crippen LogP contribution in [0.25, 0.3) is 11.0 Å². The van der Waals surface area contributed by atoms with Crippen molar-refractivity contribution >= 4 is 47.6 Å². The van der Waals surface area contributed by atoms with E-state index in [-0.39, 0.29) is 31.4 Å². The maximum Gasteiger partial charge on any atom is 0.133 e. The van der Waals surface area contributed by atoms with Crippen molar-refractivity contribution in [1.29, 1.82) is 0 Å². The Morgan fingerprint density at radius 2 is 2.00 bits per heavy atom. The van der Waals surface area contributed by atoms with E-state index in [1.54, 1.807) is 18.0 Å². The summed E-state index contributed by atoms with van der Waals surface area (Å²) in [5.74, 6) is 0.591. The molecule has 2 N–H and O–H groups in total. The average Bonchev–Trinajstić information content (AvgIpc) is 2.82. The normalized spacial score (nSPS) is 9.85. The highest BCUT2D eigenvalue weighted by Gasteiger charge is 2.04. The Bertz CT molecular complexity index is 676. The second-order valence-corrected chi connectivity index (χ2v) is 4.96. The molecule has 0 atom stereocenters. The van der Waals surface area contributed by atoms with Crippen molar-refractivity contribution in [2.75, 3.05) is 0 Å². The van der Waals surface area contributed by atoms with Crippen molar-refractivity contribution in [3.63, 3.8) is 0 Å². The standard InChI is InChI=1S/C13H11N3OS.2ClH/c17-8-13-15-11-4-3-9(6-12(11)16-13)18-10-2-1-5-14-7-10;;/h1-7,17H,8H2,(H,15,16);2*1H. The summed E-state index contributed by atoms with van der Waals surface area (Å²) in [5, 5.41) is 9.04. The first kappa shape index (κ1) is 16.8. The molecule has 0 amide bonds. The van der Waals surface area contributed by atoms with Crippen LogP contribution in [-0.2, 0) is 6.61 Å². The van der Waals surface area contributed by atoms with Crippen molar-refractivity contribution < 1.29 is 5.11 Å². The fraction of sp³-hybridized carbons (Fsp3) is 0.0769. The maximum absolute atomic E-state index is 9.04. The van der Waals surface area contributed by atoms with Crippen LogP contribution in [0.3, 0.4) is 0 Å². The smallest absolute Gasteiger partial charge is 0.133 e. The molecular formula is C13H13Cl2N3OS. The molecule has 0 fully saturated rings. The van der Waals surface area contributed by atoms with E-state index >= 15 is 0 Å². The number of rotatable bonds is 3. The number of imidazole rings is 1. The number of aliphatic hydroxyl groups is 1. The minimum absolute atomic E-state index is 0. The summed E-state index contributed by atoms with van der Waals surface area (Å²) in [4.78, 5) is 13.6. The fourth-order valence-corrected chi connectivity index (χ4v) is 2.56. The Balaban J connectivity index is 0.000001000. The van der Waals surface area contributed by atoms with E-state index in [0.29, 0.717) is 5.82 Å². The summed E-state index contributed by atoms with van der Waals surface area (Å²) >= 11 is 1.64. The molecule has 0 bridgehead atoms. The molecule has 0 spiro atoms. The number of nitrogens with zero attached hydrogens (tertiary/aromatic N) is 2. The van der Waals surface area contributed by atoms with Gasteiger partial charge in [-0.1, -0.05) is 11.8 Å². The third-order valence-corrected chi connectivity index (χ3v) is 3.49. The highest BCUT2D eigenvalue weighted by atomic mass is 35.5. The Labute approximate surface area is 132 Å². The molecule has 0 saturated carbocycles. The van der Waals surface area contributed by atoms with Gasteiger partial charge in [-0.3, -0.25) is 4.98 Å². The van der Waals surface area contributed by atoms with Crippen LogP contribution >= 0.6 is 36.6 Å². The maximum atomic E-state index is 9.04. The molecule has 2 heterocycles. The van der Waals surface area contributed by atoms with E-state index in [4.69, 9.17) is 5.11 Å². The minimum atomic E-state index is -0.0697. The summed E-state index contributed by atoms with van der Waals surface area (Å²) in [6.45, 7) is -0.0697. The molecule has 3 rings (SSSR count).